The molecule has 2 aromatic rings. The molecular weight excluding hydrogens is 273 g/mol. The molecule has 0 aliphatic carbocycles. The van der Waals surface area contributed by atoms with Gasteiger partial charge in [-0.05, 0) is 24.3 Å². The van der Waals surface area contributed by atoms with E-state index in [1.54, 1.807) is 6.07 Å². The van der Waals surface area contributed by atoms with Crippen LogP contribution in [0.5, 0.6) is 0 Å². The first-order chi connectivity index (χ1) is 9.10. The second kappa shape index (κ2) is 5.75. The summed E-state index contributed by atoms with van der Waals surface area (Å²) in [6, 6.07) is 5.57. The van der Waals surface area contributed by atoms with Gasteiger partial charge in [0.1, 0.15) is 17.8 Å². The van der Waals surface area contributed by atoms with E-state index in [4.69, 9.17) is 16.0 Å². The average Bonchev–Trinajstić information content (AvgIpc) is 2.88. The SMILES string of the molecule is COC(=O)c1coc(CNc2cc(F)ccc2Cl)c1. The molecule has 0 aliphatic rings. The minimum absolute atomic E-state index is 0.278. The van der Waals surface area contributed by atoms with Crippen molar-refractivity contribution in [1.29, 1.82) is 0 Å². The summed E-state index contributed by atoms with van der Waals surface area (Å²) in [6.45, 7) is 0.278. The Morgan fingerprint density at radius 3 is 3.00 bits per heavy atom. The topological polar surface area (TPSA) is 51.5 Å². The Labute approximate surface area is 114 Å². The van der Waals surface area contributed by atoms with E-state index in [0.29, 0.717) is 22.0 Å². The van der Waals surface area contributed by atoms with Gasteiger partial charge in [0.05, 0.1) is 29.9 Å². The number of rotatable bonds is 4. The minimum atomic E-state index is -0.473. The van der Waals surface area contributed by atoms with Gasteiger partial charge in [0, 0.05) is 0 Å². The summed E-state index contributed by atoms with van der Waals surface area (Å²) < 4.78 is 22.8. The predicted octanol–water partition coefficient (Wildman–Crippen LogP) is 3.47. The molecule has 1 heterocycles. The molecule has 0 amide bonds. The molecule has 100 valence electrons. The van der Waals surface area contributed by atoms with Gasteiger partial charge in [-0.3, -0.25) is 0 Å². The molecule has 4 nitrogen and oxygen atoms in total. The molecule has 0 bridgehead atoms. The fourth-order valence-corrected chi connectivity index (χ4v) is 1.70. The molecule has 0 saturated carbocycles. The molecular formula is C13H11ClFNO3. The summed E-state index contributed by atoms with van der Waals surface area (Å²) in [6.07, 6.45) is 1.30. The number of hydrogen-bond donors (Lipinski definition) is 1. The molecule has 0 aliphatic heterocycles. The van der Waals surface area contributed by atoms with Crippen LogP contribution in [-0.2, 0) is 11.3 Å². The maximum absolute atomic E-state index is 13.0. The fraction of sp³-hybridized carbons (Fsp3) is 0.154. The Balaban J connectivity index is 2.04. The Morgan fingerprint density at radius 2 is 2.26 bits per heavy atom. The number of nitrogens with one attached hydrogen (secondary N) is 1. The Morgan fingerprint density at radius 1 is 1.47 bits per heavy atom. The van der Waals surface area contributed by atoms with Crippen molar-refractivity contribution in [3.8, 4) is 0 Å². The molecule has 0 radical (unpaired) electrons. The largest absolute Gasteiger partial charge is 0.467 e. The van der Waals surface area contributed by atoms with Gasteiger partial charge in [0.15, 0.2) is 0 Å². The number of hydrogen-bond acceptors (Lipinski definition) is 4. The van der Waals surface area contributed by atoms with Gasteiger partial charge in [0.25, 0.3) is 0 Å². The van der Waals surface area contributed by atoms with E-state index in [0.717, 1.165) is 0 Å². The van der Waals surface area contributed by atoms with Crippen molar-refractivity contribution in [2.24, 2.45) is 0 Å². The monoisotopic (exact) mass is 283 g/mol. The Hall–Kier alpha value is -2.01. The summed E-state index contributed by atoms with van der Waals surface area (Å²) in [5, 5.41) is 3.33. The number of methoxy groups -OCH3 is 1. The third-order valence-electron chi connectivity index (χ3n) is 2.46. The van der Waals surface area contributed by atoms with Crippen LogP contribution in [0.2, 0.25) is 5.02 Å². The lowest BCUT2D eigenvalue weighted by Gasteiger charge is -2.06. The highest BCUT2D eigenvalue weighted by molar-refractivity contribution is 6.33. The van der Waals surface area contributed by atoms with Gasteiger partial charge >= 0.3 is 5.97 Å². The zero-order chi connectivity index (χ0) is 13.8. The van der Waals surface area contributed by atoms with E-state index in [1.165, 1.54) is 31.6 Å². The van der Waals surface area contributed by atoms with E-state index >= 15 is 0 Å². The van der Waals surface area contributed by atoms with E-state index in [2.05, 4.69) is 10.1 Å². The average molecular weight is 284 g/mol. The summed E-state index contributed by atoms with van der Waals surface area (Å²) >= 11 is 5.91. The van der Waals surface area contributed by atoms with Crippen LogP contribution < -0.4 is 5.32 Å². The zero-order valence-corrected chi connectivity index (χ0v) is 10.8. The van der Waals surface area contributed by atoms with Gasteiger partial charge < -0.3 is 14.5 Å². The van der Waals surface area contributed by atoms with Crippen LogP contribution in [0.15, 0.2) is 34.9 Å². The lowest BCUT2D eigenvalue weighted by atomic mass is 10.3. The van der Waals surface area contributed by atoms with E-state index in [-0.39, 0.29) is 12.4 Å². The highest BCUT2D eigenvalue weighted by atomic mass is 35.5. The first-order valence-electron chi connectivity index (χ1n) is 5.45. The second-order valence-corrected chi connectivity index (χ2v) is 4.18. The summed E-state index contributed by atoms with van der Waals surface area (Å²) in [7, 11) is 1.29. The third-order valence-corrected chi connectivity index (χ3v) is 2.79. The molecule has 0 unspecified atom stereocenters. The number of anilines is 1. The van der Waals surface area contributed by atoms with E-state index < -0.39 is 5.97 Å². The normalized spacial score (nSPS) is 10.3. The van der Waals surface area contributed by atoms with Crippen molar-refractivity contribution in [3.05, 3.63) is 52.7 Å². The van der Waals surface area contributed by atoms with Crippen molar-refractivity contribution in [1.82, 2.24) is 0 Å². The summed E-state index contributed by atoms with van der Waals surface area (Å²) in [4.78, 5) is 11.2. The molecule has 0 fully saturated rings. The van der Waals surface area contributed by atoms with Crippen molar-refractivity contribution in [3.63, 3.8) is 0 Å². The first kappa shape index (κ1) is 13.4. The van der Waals surface area contributed by atoms with Crippen LogP contribution >= 0.6 is 11.6 Å². The number of carbonyl (C=O) groups is 1. The zero-order valence-electron chi connectivity index (χ0n) is 10.1. The lowest BCUT2D eigenvalue weighted by molar-refractivity contribution is 0.0600. The molecule has 6 heteroatoms. The molecule has 2 rings (SSSR count). The number of ether oxygens (including phenoxy) is 1. The van der Waals surface area contributed by atoms with Gasteiger partial charge in [0.2, 0.25) is 0 Å². The maximum atomic E-state index is 13.0. The van der Waals surface area contributed by atoms with Crippen LogP contribution in [0.3, 0.4) is 0 Å². The van der Waals surface area contributed by atoms with Gasteiger partial charge in [-0.1, -0.05) is 11.6 Å². The number of carbonyl (C=O) groups excluding carboxylic acids is 1. The highest BCUT2D eigenvalue weighted by Gasteiger charge is 2.10. The molecule has 0 saturated heterocycles. The van der Waals surface area contributed by atoms with Gasteiger partial charge in [-0.25, -0.2) is 9.18 Å². The molecule has 1 N–H and O–H groups in total. The van der Waals surface area contributed by atoms with Crippen LogP contribution in [0.4, 0.5) is 10.1 Å². The molecule has 1 aromatic heterocycles. The fourth-order valence-electron chi connectivity index (χ4n) is 1.51. The van der Waals surface area contributed by atoms with Crippen molar-refractivity contribution in [2.45, 2.75) is 6.54 Å². The summed E-state index contributed by atoms with van der Waals surface area (Å²) in [5.74, 6) is -0.346. The van der Waals surface area contributed by atoms with Gasteiger partial charge in [-0.15, -0.1) is 0 Å². The van der Waals surface area contributed by atoms with Crippen LogP contribution in [0.25, 0.3) is 0 Å². The molecule has 19 heavy (non-hydrogen) atoms. The minimum Gasteiger partial charge on any atom is -0.467 e. The van der Waals surface area contributed by atoms with Crippen LogP contribution in [-0.4, -0.2) is 13.1 Å². The van der Waals surface area contributed by atoms with Crippen LogP contribution in [0.1, 0.15) is 16.1 Å². The molecule has 0 spiro atoms. The quantitative estimate of drug-likeness (QED) is 0.873. The first-order valence-corrected chi connectivity index (χ1v) is 5.82. The van der Waals surface area contributed by atoms with Crippen LogP contribution in [0, 0.1) is 5.82 Å². The van der Waals surface area contributed by atoms with Crippen molar-refractivity contribution in [2.75, 3.05) is 12.4 Å². The standard InChI is InChI=1S/C13H11ClFNO3/c1-18-13(17)8-4-10(19-7-8)6-16-12-5-9(15)2-3-11(12)14/h2-5,7,16H,6H2,1H3. The van der Waals surface area contributed by atoms with Crippen molar-refractivity contribution >= 4 is 23.3 Å². The predicted molar refractivity (Wildman–Crippen MR) is 68.8 cm³/mol. The highest BCUT2D eigenvalue weighted by Crippen LogP contribution is 2.23. The molecule has 1 aromatic carbocycles. The number of halogens is 2. The van der Waals surface area contributed by atoms with Gasteiger partial charge in [-0.2, -0.15) is 0 Å². The Kier molecular flexibility index (Phi) is 4.06. The molecule has 0 atom stereocenters. The number of esters is 1. The third kappa shape index (κ3) is 3.26. The number of benzene rings is 1. The summed E-state index contributed by atoms with van der Waals surface area (Å²) in [5.41, 5.74) is 0.780. The smallest absolute Gasteiger partial charge is 0.341 e. The number of furan rings is 1. The van der Waals surface area contributed by atoms with E-state index in [1.807, 2.05) is 0 Å². The maximum Gasteiger partial charge on any atom is 0.341 e. The van der Waals surface area contributed by atoms with E-state index in [9.17, 15) is 9.18 Å². The second-order valence-electron chi connectivity index (χ2n) is 3.77. The Bertz CT molecular complexity index is 597. The van der Waals surface area contributed by atoms with Crippen molar-refractivity contribution < 1.29 is 18.3 Å². The lowest BCUT2D eigenvalue weighted by Crippen LogP contribution is -2.00.